The van der Waals surface area contributed by atoms with Gasteiger partial charge in [-0.25, -0.2) is 4.39 Å². The maximum atomic E-state index is 13.2. The minimum Gasteiger partial charge on any atom is -0.384 e. The third-order valence-electron chi connectivity index (χ3n) is 6.27. The summed E-state index contributed by atoms with van der Waals surface area (Å²) in [6, 6.07) is 15.9. The van der Waals surface area contributed by atoms with Crippen molar-refractivity contribution in [2.45, 2.75) is 23.6 Å². The zero-order valence-electron chi connectivity index (χ0n) is 18.5. The summed E-state index contributed by atoms with van der Waals surface area (Å²) in [7, 11) is 0. The number of aldehydes is 1. The fraction of sp³-hybridized carbons (Fsp3) is 0.231. The van der Waals surface area contributed by atoms with Gasteiger partial charge in [-0.2, -0.15) is 0 Å². The fourth-order valence-electron chi connectivity index (χ4n) is 4.32. The van der Waals surface area contributed by atoms with E-state index in [0.717, 1.165) is 11.8 Å². The van der Waals surface area contributed by atoms with Crippen molar-refractivity contribution in [2.75, 3.05) is 17.2 Å². The van der Waals surface area contributed by atoms with E-state index in [1.165, 1.54) is 24.3 Å². The number of hydrogen-bond acceptors (Lipinski definition) is 3. The Hall–Kier alpha value is -2.31. The summed E-state index contributed by atoms with van der Waals surface area (Å²) in [5.41, 5.74) is 1.94. The maximum absolute atomic E-state index is 13.2. The smallest absolute Gasteiger partial charge is 0.256 e. The van der Waals surface area contributed by atoms with E-state index in [4.69, 9.17) is 46.4 Å². The van der Waals surface area contributed by atoms with Crippen LogP contribution >= 0.6 is 46.4 Å². The minimum absolute atomic E-state index is 0.128. The van der Waals surface area contributed by atoms with Gasteiger partial charge in [0.2, 0.25) is 0 Å². The molecule has 1 fully saturated rings. The molecule has 0 radical (unpaired) electrons. The molecule has 0 saturated heterocycles. The van der Waals surface area contributed by atoms with Crippen LogP contribution in [0.1, 0.15) is 34.3 Å². The highest BCUT2D eigenvalue weighted by atomic mass is 35.5. The number of nitrogens with one attached hydrogen (secondary N) is 2. The summed E-state index contributed by atoms with van der Waals surface area (Å²) in [4.78, 5) is 25.2. The highest BCUT2D eigenvalue weighted by Crippen LogP contribution is 2.73. The van der Waals surface area contributed by atoms with Gasteiger partial charge in [-0.15, -0.1) is 0 Å². The van der Waals surface area contributed by atoms with Crippen molar-refractivity contribution in [3.63, 3.8) is 0 Å². The molecule has 2 N–H and O–H groups in total. The first-order valence-corrected chi connectivity index (χ1v) is 12.4. The van der Waals surface area contributed by atoms with Gasteiger partial charge in [0, 0.05) is 39.4 Å². The normalized spacial score (nSPS) is 20.2. The number of halogens is 5. The molecule has 0 heterocycles. The standard InChI is InChI=1S/C26H21Cl4FN2O2/c1-2-15-3-6-21(12-22(15)24(35)33-20-7-4-19(31)5-8-20)32-13-25(14-34)23(26(25,29)30)16-9-17(27)11-18(28)10-16/h3-12,14,23,32H,2,13H2,1H3,(H,33,35)/t23?,25-/m1/s1. The number of benzene rings is 3. The molecule has 3 aromatic carbocycles. The molecule has 1 saturated carbocycles. The number of carbonyl (C=O) groups is 2. The van der Waals surface area contributed by atoms with Crippen LogP contribution < -0.4 is 10.6 Å². The molecule has 4 nitrogen and oxygen atoms in total. The van der Waals surface area contributed by atoms with E-state index in [1.54, 1.807) is 24.3 Å². The van der Waals surface area contributed by atoms with Crippen LogP contribution in [0.2, 0.25) is 10.0 Å². The molecule has 35 heavy (non-hydrogen) atoms. The molecule has 3 aromatic rings. The first-order chi connectivity index (χ1) is 16.6. The molecule has 1 amide bonds. The molecule has 9 heteroatoms. The van der Waals surface area contributed by atoms with Gasteiger partial charge in [-0.1, -0.05) is 59.4 Å². The molecular formula is C26H21Cl4FN2O2. The second-order valence-corrected chi connectivity index (χ2v) is 10.7. The van der Waals surface area contributed by atoms with Gasteiger partial charge in [-0.3, -0.25) is 4.79 Å². The summed E-state index contributed by atoms with van der Waals surface area (Å²) >= 11 is 25.4. The number of hydrogen-bond donors (Lipinski definition) is 2. The molecule has 1 aliphatic carbocycles. The Kier molecular flexibility index (Phi) is 7.35. The fourth-order valence-corrected chi connectivity index (χ4v) is 5.84. The lowest BCUT2D eigenvalue weighted by Crippen LogP contribution is -2.23. The summed E-state index contributed by atoms with van der Waals surface area (Å²) in [5, 5.41) is 6.82. The molecule has 0 spiro atoms. The Morgan fingerprint density at radius 1 is 1.00 bits per heavy atom. The Morgan fingerprint density at radius 2 is 1.63 bits per heavy atom. The Bertz CT molecular complexity index is 1260. The second-order valence-electron chi connectivity index (χ2n) is 8.46. The lowest BCUT2D eigenvalue weighted by atomic mass is 9.99. The summed E-state index contributed by atoms with van der Waals surface area (Å²) in [6.45, 7) is 2.07. The first kappa shape index (κ1) is 25.8. The van der Waals surface area contributed by atoms with E-state index in [0.29, 0.717) is 39.0 Å². The number of alkyl halides is 2. The highest BCUT2D eigenvalue weighted by Gasteiger charge is 2.76. The van der Waals surface area contributed by atoms with Gasteiger partial charge >= 0.3 is 0 Å². The average Bonchev–Trinajstić information content (AvgIpc) is 3.32. The number of carbonyl (C=O) groups excluding carboxylic acids is 2. The van der Waals surface area contributed by atoms with Crippen molar-refractivity contribution >= 4 is 70.0 Å². The van der Waals surface area contributed by atoms with Crippen LogP contribution in [-0.4, -0.2) is 23.1 Å². The molecule has 1 aliphatic rings. The minimum atomic E-state index is -1.36. The lowest BCUT2D eigenvalue weighted by molar-refractivity contribution is -0.112. The SMILES string of the molecule is CCc1ccc(NC[C@@]2(C=O)C(c3cc(Cl)cc(Cl)c3)C2(Cl)Cl)cc1C(=O)Nc1ccc(F)cc1. The third kappa shape index (κ3) is 5.01. The molecule has 0 aliphatic heterocycles. The van der Waals surface area contributed by atoms with E-state index in [-0.39, 0.29) is 18.3 Å². The van der Waals surface area contributed by atoms with Crippen LogP contribution in [0, 0.1) is 11.2 Å². The Labute approximate surface area is 222 Å². The van der Waals surface area contributed by atoms with Crippen molar-refractivity contribution in [1.29, 1.82) is 0 Å². The van der Waals surface area contributed by atoms with Crippen molar-refractivity contribution in [3.05, 3.63) is 93.2 Å². The monoisotopic (exact) mass is 552 g/mol. The Morgan fingerprint density at radius 3 is 2.23 bits per heavy atom. The Balaban J connectivity index is 1.55. The molecular weight excluding hydrogens is 533 g/mol. The number of rotatable bonds is 8. The molecule has 0 bridgehead atoms. The van der Waals surface area contributed by atoms with Crippen LogP contribution in [0.5, 0.6) is 0 Å². The van der Waals surface area contributed by atoms with E-state index >= 15 is 0 Å². The predicted molar refractivity (Wildman–Crippen MR) is 141 cm³/mol. The summed E-state index contributed by atoms with van der Waals surface area (Å²) in [5.74, 6) is -1.24. The van der Waals surface area contributed by atoms with E-state index in [2.05, 4.69) is 10.6 Å². The predicted octanol–water partition coefficient (Wildman–Crippen LogP) is 7.52. The first-order valence-electron chi connectivity index (χ1n) is 10.8. The number of aryl methyl sites for hydroxylation is 1. The largest absolute Gasteiger partial charge is 0.384 e. The molecule has 182 valence electrons. The summed E-state index contributed by atoms with van der Waals surface area (Å²) < 4.78 is 11.8. The number of anilines is 2. The van der Waals surface area contributed by atoms with Crippen LogP contribution in [0.4, 0.5) is 15.8 Å². The topological polar surface area (TPSA) is 58.2 Å². The van der Waals surface area contributed by atoms with Crippen molar-refractivity contribution < 1.29 is 14.0 Å². The van der Waals surface area contributed by atoms with Gasteiger partial charge in [0.1, 0.15) is 16.4 Å². The summed E-state index contributed by atoms with van der Waals surface area (Å²) in [6.07, 6.45) is 1.39. The van der Waals surface area contributed by atoms with Gasteiger partial charge in [0.25, 0.3) is 5.91 Å². The number of amides is 1. The van der Waals surface area contributed by atoms with Crippen molar-refractivity contribution in [3.8, 4) is 0 Å². The van der Waals surface area contributed by atoms with Gasteiger partial charge in [0.05, 0.1) is 5.41 Å². The molecule has 4 rings (SSSR count). The third-order valence-corrected chi connectivity index (χ3v) is 7.84. The van der Waals surface area contributed by atoms with Gasteiger partial charge in [-0.05, 0) is 72.1 Å². The van der Waals surface area contributed by atoms with Gasteiger partial charge in [0.15, 0.2) is 0 Å². The van der Waals surface area contributed by atoms with Crippen LogP contribution in [0.15, 0.2) is 60.7 Å². The quantitative estimate of drug-likeness (QED) is 0.224. The molecule has 0 aromatic heterocycles. The zero-order valence-corrected chi connectivity index (χ0v) is 21.6. The maximum Gasteiger partial charge on any atom is 0.256 e. The lowest BCUT2D eigenvalue weighted by Gasteiger charge is -2.16. The van der Waals surface area contributed by atoms with E-state index in [1.807, 2.05) is 19.1 Å². The van der Waals surface area contributed by atoms with Crippen LogP contribution in [0.25, 0.3) is 0 Å². The molecule has 1 unspecified atom stereocenters. The highest BCUT2D eigenvalue weighted by molar-refractivity contribution is 6.54. The van der Waals surface area contributed by atoms with Crippen LogP contribution in [-0.2, 0) is 11.2 Å². The molecule has 2 atom stereocenters. The average molecular weight is 554 g/mol. The van der Waals surface area contributed by atoms with Crippen molar-refractivity contribution in [1.82, 2.24) is 0 Å². The van der Waals surface area contributed by atoms with Gasteiger partial charge < -0.3 is 15.4 Å². The van der Waals surface area contributed by atoms with Crippen molar-refractivity contribution in [2.24, 2.45) is 5.41 Å². The van der Waals surface area contributed by atoms with E-state index in [9.17, 15) is 14.0 Å². The zero-order chi connectivity index (χ0) is 25.4. The van der Waals surface area contributed by atoms with Crippen LogP contribution in [0.3, 0.4) is 0 Å². The van der Waals surface area contributed by atoms with E-state index < -0.39 is 15.7 Å². The second kappa shape index (κ2) is 9.98.